The molecule has 0 unspecified atom stereocenters. The third-order valence-corrected chi connectivity index (χ3v) is 4.52. The van der Waals surface area contributed by atoms with E-state index in [9.17, 15) is 0 Å². The maximum absolute atomic E-state index is 6.29. The molecule has 0 aliphatic carbocycles. The minimum atomic E-state index is 0.530. The second-order valence-corrected chi connectivity index (χ2v) is 6.31. The molecule has 0 bridgehead atoms. The van der Waals surface area contributed by atoms with Crippen LogP contribution in [0.25, 0.3) is 11.4 Å². The van der Waals surface area contributed by atoms with Gasteiger partial charge in [0.2, 0.25) is 0 Å². The fourth-order valence-corrected chi connectivity index (χ4v) is 2.79. The Morgan fingerprint density at radius 1 is 1.05 bits per heavy atom. The zero-order valence-electron chi connectivity index (χ0n) is 10.9. The SMILES string of the molecule is Clc1cccc(-c2nccn2Cc2ccc(Br)cc2)c1Cl. The van der Waals surface area contributed by atoms with Crippen LogP contribution in [0.5, 0.6) is 0 Å². The van der Waals surface area contributed by atoms with Gasteiger partial charge in [-0.3, -0.25) is 0 Å². The Morgan fingerprint density at radius 2 is 1.81 bits per heavy atom. The number of hydrogen-bond acceptors (Lipinski definition) is 1. The molecule has 3 rings (SSSR count). The third kappa shape index (κ3) is 3.15. The van der Waals surface area contributed by atoms with Crippen molar-refractivity contribution in [2.75, 3.05) is 0 Å². The van der Waals surface area contributed by atoms with Crippen molar-refractivity contribution in [3.63, 3.8) is 0 Å². The summed E-state index contributed by atoms with van der Waals surface area (Å²) >= 11 is 15.8. The summed E-state index contributed by atoms with van der Waals surface area (Å²) in [5, 5.41) is 1.06. The lowest BCUT2D eigenvalue weighted by atomic mass is 10.2. The Kier molecular flexibility index (Phi) is 4.34. The predicted octanol–water partition coefficient (Wildman–Crippen LogP) is 5.67. The molecule has 0 amide bonds. The summed E-state index contributed by atoms with van der Waals surface area (Å²) in [5.41, 5.74) is 2.03. The predicted molar refractivity (Wildman–Crippen MR) is 90.9 cm³/mol. The Hall–Kier alpha value is -1.29. The molecule has 3 aromatic rings. The summed E-state index contributed by atoms with van der Waals surface area (Å²) in [5.74, 6) is 0.811. The van der Waals surface area contributed by atoms with E-state index in [1.165, 1.54) is 5.56 Å². The van der Waals surface area contributed by atoms with Gasteiger partial charge in [-0.05, 0) is 29.8 Å². The summed E-state index contributed by atoms with van der Waals surface area (Å²) in [4.78, 5) is 4.41. The van der Waals surface area contributed by atoms with Crippen molar-refractivity contribution >= 4 is 39.1 Å². The molecule has 5 heteroatoms. The van der Waals surface area contributed by atoms with Gasteiger partial charge in [0.25, 0.3) is 0 Å². The van der Waals surface area contributed by atoms with Gasteiger partial charge in [0.1, 0.15) is 5.82 Å². The van der Waals surface area contributed by atoms with E-state index in [4.69, 9.17) is 23.2 Å². The molecule has 1 heterocycles. The van der Waals surface area contributed by atoms with Gasteiger partial charge in [-0.25, -0.2) is 4.98 Å². The van der Waals surface area contributed by atoms with E-state index in [2.05, 4.69) is 37.6 Å². The summed E-state index contributed by atoms with van der Waals surface area (Å²) in [6, 6.07) is 13.8. The molecule has 0 aliphatic heterocycles. The first-order valence-electron chi connectivity index (χ1n) is 6.35. The van der Waals surface area contributed by atoms with Crippen molar-refractivity contribution in [1.29, 1.82) is 0 Å². The maximum atomic E-state index is 6.29. The number of rotatable bonds is 3. The topological polar surface area (TPSA) is 17.8 Å². The van der Waals surface area contributed by atoms with Gasteiger partial charge in [0, 0.05) is 29.0 Å². The first-order valence-corrected chi connectivity index (χ1v) is 7.90. The first-order chi connectivity index (χ1) is 10.1. The number of benzene rings is 2. The van der Waals surface area contributed by atoms with Crippen LogP contribution >= 0.6 is 39.1 Å². The fourth-order valence-electron chi connectivity index (χ4n) is 2.14. The standard InChI is InChI=1S/C16H11BrCl2N2/c17-12-6-4-11(5-7-12)10-21-9-8-20-16(21)13-2-1-3-14(18)15(13)19/h1-9H,10H2. The van der Waals surface area contributed by atoms with Gasteiger partial charge in [-0.15, -0.1) is 0 Å². The normalized spacial score (nSPS) is 10.8. The van der Waals surface area contributed by atoms with Gasteiger partial charge in [-0.2, -0.15) is 0 Å². The largest absolute Gasteiger partial charge is 0.327 e. The highest BCUT2D eigenvalue weighted by Crippen LogP contribution is 2.32. The van der Waals surface area contributed by atoms with E-state index in [-0.39, 0.29) is 0 Å². The number of nitrogens with zero attached hydrogens (tertiary/aromatic N) is 2. The highest BCUT2D eigenvalue weighted by atomic mass is 79.9. The molecule has 0 aliphatic rings. The van der Waals surface area contributed by atoms with E-state index in [1.54, 1.807) is 12.3 Å². The van der Waals surface area contributed by atoms with Crippen LogP contribution in [0.3, 0.4) is 0 Å². The molecular formula is C16H11BrCl2N2. The zero-order valence-corrected chi connectivity index (χ0v) is 14.0. The van der Waals surface area contributed by atoms with Crippen molar-refractivity contribution in [3.8, 4) is 11.4 Å². The lowest BCUT2D eigenvalue weighted by Gasteiger charge is -2.10. The second kappa shape index (κ2) is 6.22. The first kappa shape index (κ1) is 14.6. The molecule has 0 saturated carbocycles. The molecule has 0 fully saturated rings. The van der Waals surface area contributed by atoms with Crippen molar-refractivity contribution in [1.82, 2.24) is 9.55 Å². The Labute approximate surface area is 141 Å². The molecule has 106 valence electrons. The van der Waals surface area contributed by atoms with Crippen LogP contribution < -0.4 is 0 Å². The molecule has 0 saturated heterocycles. The second-order valence-electron chi connectivity index (χ2n) is 4.61. The van der Waals surface area contributed by atoms with Crippen LogP contribution in [0.4, 0.5) is 0 Å². The van der Waals surface area contributed by atoms with Gasteiger partial charge >= 0.3 is 0 Å². The highest BCUT2D eigenvalue weighted by Gasteiger charge is 2.12. The van der Waals surface area contributed by atoms with Crippen LogP contribution in [0.1, 0.15) is 5.56 Å². The van der Waals surface area contributed by atoms with E-state index in [0.717, 1.165) is 22.4 Å². The quantitative estimate of drug-likeness (QED) is 0.571. The number of aromatic nitrogens is 2. The van der Waals surface area contributed by atoms with Gasteiger partial charge < -0.3 is 4.57 Å². The zero-order chi connectivity index (χ0) is 14.8. The highest BCUT2D eigenvalue weighted by molar-refractivity contribution is 9.10. The molecule has 0 N–H and O–H groups in total. The minimum Gasteiger partial charge on any atom is -0.327 e. The Morgan fingerprint density at radius 3 is 2.57 bits per heavy atom. The van der Waals surface area contributed by atoms with E-state index in [1.807, 2.05) is 30.5 Å². The summed E-state index contributed by atoms with van der Waals surface area (Å²) < 4.78 is 3.12. The number of imidazole rings is 1. The smallest absolute Gasteiger partial charge is 0.141 e. The molecule has 1 aromatic heterocycles. The Balaban J connectivity index is 1.97. The van der Waals surface area contributed by atoms with Crippen LogP contribution in [-0.2, 0) is 6.54 Å². The summed E-state index contributed by atoms with van der Waals surface area (Å²) in [6.45, 7) is 0.728. The van der Waals surface area contributed by atoms with E-state index in [0.29, 0.717) is 10.0 Å². The van der Waals surface area contributed by atoms with Gasteiger partial charge in [-0.1, -0.05) is 57.3 Å². The average molecular weight is 382 g/mol. The average Bonchev–Trinajstić information content (AvgIpc) is 2.92. The fraction of sp³-hybridized carbons (Fsp3) is 0.0625. The van der Waals surface area contributed by atoms with Crippen molar-refractivity contribution in [2.45, 2.75) is 6.54 Å². The number of hydrogen-bond donors (Lipinski definition) is 0. The Bertz CT molecular complexity index is 766. The summed E-state index contributed by atoms with van der Waals surface area (Å²) in [6.07, 6.45) is 3.71. The van der Waals surface area contributed by atoms with Gasteiger partial charge in [0.15, 0.2) is 0 Å². The molecule has 21 heavy (non-hydrogen) atoms. The molecule has 2 aromatic carbocycles. The maximum Gasteiger partial charge on any atom is 0.141 e. The van der Waals surface area contributed by atoms with Gasteiger partial charge in [0.05, 0.1) is 10.0 Å². The van der Waals surface area contributed by atoms with Crippen LogP contribution in [-0.4, -0.2) is 9.55 Å². The molecule has 0 spiro atoms. The monoisotopic (exact) mass is 380 g/mol. The van der Waals surface area contributed by atoms with Crippen LogP contribution in [0.15, 0.2) is 59.3 Å². The minimum absolute atomic E-state index is 0.530. The van der Waals surface area contributed by atoms with Crippen molar-refractivity contribution < 1.29 is 0 Å². The third-order valence-electron chi connectivity index (χ3n) is 3.17. The molecule has 0 radical (unpaired) electrons. The lowest BCUT2D eigenvalue weighted by molar-refractivity contribution is 0.807. The summed E-state index contributed by atoms with van der Waals surface area (Å²) in [7, 11) is 0. The van der Waals surface area contributed by atoms with E-state index < -0.39 is 0 Å². The van der Waals surface area contributed by atoms with Crippen LogP contribution in [0, 0.1) is 0 Å². The molecular weight excluding hydrogens is 371 g/mol. The van der Waals surface area contributed by atoms with Crippen molar-refractivity contribution in [2.24, 2.45) is 0 Å². The molecule has 2 nitrogen and oxygen atoms in total. The lowest BCUT2D eigenvalue weighted by Crippen LogP contribution is -2.01. The van der Waals surface area contributed by atoms with Crippen LogP contribution in [0.2, 0.25) is 10.0 Å². The van der Waals surface area contributed by atoms with Crippen molar-refractivity contribution in [3.05, 3.63) is 74.9 Å². The van der Waals surface area contributed by atoms with E-state index >= 15 is 0 Å². The molecule has 0 atom stereocenters. The number of halogens is 3.